The van der Waals surface area contributed by atoms with Crippen molar-refractivity contribution < 1.29 is 0 Å². The highest BCUT2D eigenvalue weighted by Crippen LogP contribution is 2.23. The molecule has 0 amide bonds. The molecule has 0 fully saturated rings. The lowest BCUT2D eigenvalue weighted by atomic mass is 9.96. The van der Waals surface area contributed by atoms with Gasteiger partial charge in [-0.15, -0.1) is 0 Å². The van der Waals surface area contributed by atoms with E-state index in [9.17, 15) is 0 Å². The Bertz CT molecular complexity index is 304. The normalized spacial score (nSPS) is 14.9. The molecule has 1 aromatic rings. The molecule has 0 radical (unpaired) electrons. The van der Waals surface area contributed by atoms with Crippen LogP contribution in [-0.2, 0) is 0 Å². The Labute approximate surface area is 99.6 Å². The summed E-state index contributed by atoms with van der Waals surface area (Å²) in [4.78, 5) is 4.14. The number of nitrogens with zero attached hydrogens (tertiary/aromatic N) is 1. The number of aromatic nitrogens is 1. The monoisotopic (exact) mass is 271 g/mol. The summed E-state index contributed by atoms with van der Waals surface area (Å²) < 4.78 is 0.990. The second-order valence-corrected chi connectivity index (χ2v) is 4.82. The maximum atomic E-state index is 5.56. The van der Waals surface area contributed by atoms with Gasteiger partial charge in [0.05, 0.1) is 0 Å². The van der Waals surface area contributed by atoms with Gasteiger partial charge in [-0.25, -0.2) is 0 Å². The van der Waals surface area contributed by atoms with E-state index in [-0.39, 0.29) is 6.04 Å². The van der Waals surface area contributed by atoms with Gasteiger partial charge >= 0.3 is 0 Å². The van der Waals surface area contributed by atoms with Crippen molar-refractivity contribution in [3.05, 3.63) is 28.5 Å². The number of hydrazine groups is 1. The largest absolute Gasteiger partial charge is 0.271 e. The summed E-state index contributed by atoms with van der Waals surface area (Å²) in [6.45, 7) is 4.42. The lowest BCUT2D eigenvalue weighted by Crippen LogP contribution is -2.29. The maximum absolute atomic E-state index is 5.56. The smallest absolute Gasteiger partial charge is 0.0478 e. The summed E-state index contributed by atoms with van der Waals surface area (Å²) in [7, 11) is 0. The van der Waals surface area contributed by atoms with Crippen LogP contribution in [0, 0.1) is 5.92 Å². The molecule has 0 aliphatic carbocycles. The summed E-state index contributed by atoms with van der Waals surface area (Å²) in [6.07, 6.45) is 5.84. The molecule has 4 heteroatoms. The first kappa shape index (κ1) is 12.6. The van der Waals surface area contributed by atoms with Crippen LogP contribution in [0.15, 0.2) is 22.9 Å². The molecule has 3 nitrogen and oxygen atoms in total. The number of hydrogen-bond acceptors (Lipinski definition) is 3. The summed E-state index contributed by atoms with van der Waals surface area (Å²) in [5, 5.41) is 0. The van der Waals surface area contributed by atoms with Gasteiger partial charge < -0.3 is 0 Å². The second kappa shape index (κ2) is 6.20. The van der Waals surface area contributed by atoms with E-state index in [2.05, 4.69) is 46.3 Å². The predicted molar refractivity (Wildman–Crippen MR) is 66.1 cm³/mol. The first-order chi connectivity index (χ1) is 7.17. The number of pyridine rings is 1. The second-order valence-electron chi connectivity index (χ2n) is 3.90. The topological polar surface area (TPSA) is 50.9 Å². The van der Waals surface area contributed by atoms with E-state index in [1.54, 1.807) is 6.20 Å². The number of nitrogens with one attached hydrogen (secondary N) is 1. The molecule has 0 aliphatic heterocycles. The predicted octanol–water partition coefficient (Wildman–Crippen LogP) is 2.78. The molecule has 2 atom stereocenters. The van der Waals surface area contributed by atoms with E-state index in [0.717, 1.165) is 16.5 Å². The summed E-state index contributed by atoms with van der Waals surface area (Å²) in [5.74, 6) is 6.22. The van der Waals surface area contributed by atoms with Gasteiger partial charge in [0.15, 0.2) is 0 Å². The van der Waals surface area contributed by atoms with Crippen molar-refractivity contribution in [1.29, 1.82) is 0 Å². The summed E-state index contributed by atoms with van der Waals surface area (Å²) >= 11 is 3.41. The molecule has 2 unspecified atom stereocenters. The Morgan fingerprint density at radius 2 is 2.27 bits per heavy atom. The first-order valence-corrected chi connectivity index (χ1v) is 6.03. The Kier molecular flexibility index (Phi) is 5.22. The molecule has 15 heavy (non-hydrogen) atoms. The Hall–Kier alpha value is -0.450. The van der Waals surface area contributed by atoms with Gasteiger partial charge in [0.1, 0.15) is 0 Å². The molecule has 0 saturated carbocycles. The lowest BCUT2D eigenvalue weighted by molar-refractivity contribution is 0.407. The average molecular weight is 272 g/mol. The van der Waals surface area contributed by atoms with Gasteiger partial charge in [0, 0.05) is 22.9 Å². The highest BCUT2D eigenvalue weighted by molar-refractivity contribution is 9.10. The molecule has 0 spiro atoms. The average Bonchev–Trinajstić information content (AvgIpc) is 2.25. The molecule has 0 bridgehead atoms. The molecular weight excluding hydrogens is 254 g/mol. The van der Waals surface area contributed by atoms with Crippen molar-refractivity contribution in [1.82, 2.24) is 10.4 Å². The quantitative estimate of drug-likeness (QED) is 0.640. The Balaban J connectivity index is 2.73. The number of rotatable bonds is 5. The fraction of sp³-hybridized carbons (Fsp3) is 0.545. The minimum Gasteiger partial charge on any atom is -0.271 e. The molecular formula is C11H18BrN3. The van der Waals surface area contributed by atoms with Crippen LogP contribution in [0.3, 0.4) is 0 Å². The number of nitrogens with two attached hydrogens (primary N) is 1. The Morgan fingerprint density at radius 1 is 1.53 bits per heavy atom. The zero-order valence-electron chi connectivity index (χ0n) is 9.20. The standard InChI is InChI=1S/C11H18BrN3/c1-3-8(2)4-11(15-13)9-5-10(12)7-14-6-9/h5-8,11,15H,3-4,13H2,1-2H3. The highest BCUT2D eigenvalue weighted by atomic mass is 79.9. The van der Waals surface area contributed by atoms with Gasteiger partial charge in [0.25, 0.3) is 0 Å². The van der Waals surface area contributed by atoms with Gasteiger partial charge in [-0.3, -0.25) is 16.3 Å². The summed E-state index contributed by atoms with van der Waals surface area (Å²) in [5.41, 5.74) is 3.98. The third-order valence-corrected chi connectivity index (χ3v) is 3.10. The summed E-state index contributed by atoms with van der Waals surface area (Å²) in [6, 6.07) is 2.24. The number of hydrogen-bond donors (Lipinski definition) is 2. The van der Waals surface area contributed by atoms with Crippen LogP contribution in [0.25, 0.3) is 0 Å². The first-order valence-electron chi connectivity index (χ1n) is 5.24. The molecule has 0 aromatic carbocycles. The van der Waals surface area contributed by atoms with E-state index < -0.39 is 0 Å². The van der Waals surface area contributed by atoms with E-state index in [1.165, 1.54) is 6.42 Å². The van der Waals surface area contributed by atoms with Crippen molar-refractivity contribution in [3.63, 3.8) is 0 Å². The van der Waals surface area contributed by atoms with Crippen molar-refractivity contribution in [3.8, 4) is 0 Å². The SMILES string of the molecule is CCC(C)CC(NN)c1cncc(Br)c1. The van der Waals surface area contributed by atoms with Crippen LogP contribution in [0.2, 0.25) is 0 Å². The fourth-order valence-electron chi connectivity index (χ4n) is 1.49. The van der Waals surface area contributed by atoms with Crippen molar-refractivity contribution >= 4 is 15.9 Å². The lowest BCUT2D eigenvalue weighted by Gasteiger charge is -2.19. The van der Waals surface area contributed by atoms with Gasteiger partial charge in [-0.2, -0.15) is 0 Å². The molecule has 1 heterocycles. The molecule has 3 N–H and O–H groups in total. The molecule has 1 rings (SSSR count). The van der Waals surface area contributed by atoms with E-state index in [0.29, 0.717) is 5.92 Å². The van der Waals surface area contributed by atoms with Gasteiger partial charge in [-0.1, -0.05) is 20.3 Å². The van der Waals surface area contributed by atoms with Crippen LogP contribution >= 0.6 is 15.9 Å². The van der Waals surface area contributed by atoms with Crippen LogP contribution in [0.1, 0.15) is 38.3 Å². The van der Waals surface area contributed by atoms with E-state index in [1.807, 2.05) is 6.20 Å². The third-order valence-electron chi connectivity index (χ3n) is 2.66. The van der Waals surface area contributed by atoms with Crippen molar-refractivity contribution in [2.24, 2.45) is 11.8 Å². The highest BCUT2D eigenvalue weighted by Gasteiger charge is 2.13. The van der Waals surface area contributed by atoms with Gasteiger partial charge in [-0.05, 0) is 39.9 Å². The Morgan fingerprint density at radius 3 is 2.80 bits per heavy atom. The molecule has 1 aromatic heterocycles. The van der Waals surface area contributed by atoms with E-state index >= 15 is 0 Å². The minimum absolute atomic E-state index is 0.185. The molecule has 0 saturated heterocycles. The number of halogens is 1. The van der Waals surface area contributed by atoms with E-state index in [4.69, 9.17) is 5.84 Å². The minimum atomic E-state index is 0.185. The third kappa shape index (κ3) is 3.89. The molecule has 0 aliphatic rings. The van der Waals surface area contributed by atoms with Crippen LogP contribution in [0.5, 0.6) is 0 Å². The fourth-order valence-corrected chi connectivity index (χ4v) is 1.87. The zero-order chi connectivity index (χ0) is 11.3. The van der Waals surface area contributed by atoms with Crippen LogP contribution in [-0.4, -0.2) is 4.98 Å². The zero-order valence-corrected chi connectivity index (χ0v) is 10.8. The van der Waals surface area contributed by atoms with Crippen LogP contribution < -0.4 is 11.3 Å². The van der Waals surface area contributed by atoms with Crippen LogP contribution in [0.4, 0.5) is 0 Å². The van der Waals surface area contributed by atoms with Gasteiger partial charge in [0.2, 0.25) is 0 Å². The van der Waals surface area contributed by atoms with Crippen molar-refractivity contribution in [2.45, 2.75) is 32.7 Å². The van der Waals surface area contributed by atoms with Crippen molar-refractivity contribution in [2.75, 3.05) is 0 Å². The maximum Gasteiger partial charge on any atom is 0.0478 e. The molecule has 84 valence electrons.